The summed E-state index contributed by atoms with van der Waals surface area (Å²) in [6.07, 6.45) is 4.53. The predicted octanol–water partition coefficient (Wildman–Crippen LogP) is 5.51. The van der Waals surface area contributed by atoms with Gasteiger partial charge in [-0.05, 0) is 48.7 Å². The number of hydrogen-bond acceptors (Lipinski definition) is 3. The van der Waals surface area contributed by atoms with Gasteiger partial charge in [0.05, 0.1) is 6.21 Å². The van der Waals surface area contributed by atoms with Gasteiger partial charge in [0, 0.05) is 46.2 Å². The fourth-order valence-corrected chi connectivity index (χ4v) is 4.19. The van der Waals surface area contributed by atoms with Gasteiger partial charge in [-0.25, -0.2) is 0 Å². The van der Waals surface area contributed by atoms with E-state index in [0.29, 0.717) is 5.56 Å². The van der Waals surface area contributed by atoms with Crippen LogP contribution in [-0.4, -0.2) is 24.3 Å². The van der Waals surface area contributed by atoms with Gasteiger partial charge in [0.25, 0.3) is 0 Å². The number of aliphatic hydroxyl groups is 1. The molecule has 5 heteroatoms. The van der Waals surface area contributed by atoms with Crippen molar-refractivity contribution in [2.45, 2.75) is 18.8 Å². The van der Waals surface area contributed by atoms with Gasteiger partial charge < -0.3 is 10.0 Å². The van der Waals surface area contributed by atoms with Crippen molar-refractivity contribution >= 4 is 17.8 Å². The van der Waals surface area contributed by atoms with Crippen molar-refractivity contribution < 1.29 is 21.9 Å². The summed E-state index contributed by atoms with van der Waals surface area (Å²) < 4.78 is 0. The number of allylic oxidation sites excluding steroid dienone is 2. The van der Waals surface area contributed by atoms with Crippen molar-refractivity contribution in [3.63, 3.8) is 0 Å². The third-order valence-corrected chi connectivity index (χ3v) is 5.67. The second-order valence-electron chi connectivity index (χ2n) is 7.68. The fourth-order valence-electron chi connectivity index (χ4n) is 4.19. The average Bonchev–Trinajstić information content (AvgIpc) is 2.99. The van der Waals surface area contributed by atoms with Crippen LogP contribution in [0.3, 0.4) is 0 Å². The van der Waals surface area contributed by atoms with Crippen molar-refractivity contribution in [1.29, 1.82) is 0 Å². The Labute approximate surface area is 193 Å². The third kappa shape index (κ3) is 4.63. The van der Waals surface area contributed by atoms with E-state index in [4.69, 9.17) is 0 Å². The average molecular weight is 454 g/mol. The largest absolute Gasteiger partial charge is 0.492 e. The second kappa shape index (κ2) is 9.77. The van der Waals surface area contributed by atoms with E-state index in [1.54, 1.807) is 18.3 Å². The van der Waals surface area contributed by atoms with Crippen LogP contribution in [0.1, 0.15) is 23.6 Å². The van der Waals surface area contributed by atoms with Crippen molar-refractivity contribution in [3.05, 3.63) is 113 Å². The molecule has 1 N–H and O–H groups in total. The standard InChI is InChI=1S/C26H25N3O.Co/c1-26(19-20-11-5-3-6-12-20)22-15-9-10-16-23(22)29(2)24(26)17-18-27-28-25(30)21-13-7-4-8-14-21;/h3-18H,19H2,1-2H3,(H,28,30);/b24-17-,27-18+;. The van der Waals surface area contributed by atoms with E-state index in [1.165, 1.54) is 16.8 Å². The summed E-state index contributed by atoms with van der Waals surface area (Å²) in [7, 11) is 2.08. The van der Waals surface area contributed by atoms with Gasteiger partial charge in [0.15, 0.2) is 0 Å². The van der Waals surface area contributed by atoms with Crippen molar-refractivity contribution in [2.24, 2.45) is 10.2 Å². The maximum atomic E-state index is 10.1. The van der Waals surface area contributed by atoms with E-state index >= 15 is 0 Å². The molecule has 0 spiro atoms. The molecule has 0 aliphatic carbocycles. The maximum absolute atomic E-state index is 10.1. The number of aliphatic hydroxyl groups excluding tert-OH is 1. The van der Waals surface area contributed by atoms with Gasteiger partial charge >= 0.3 is 0 Å². The van der Waals surface area contributed by atoms with Gasteiger partial charge in [0.2, 0.25) is 5.90 Å². The minimum atomic E-state index is -0.191. The number of rotatable bonds is 5. The molecule has 0 bridgehead atoms. The molecule has 159 valence electrons. The molecule has 0 aromatic heterocycles. The molecule has 3 aromatic rings. The first kappa shape index (κ1) is 22.5. The van der Waals surface area contributed by atoms with E-state index in [9.17, 15) is 5.11 Å². The molecular formula is C26H25CoN3O. The SMILES string of the molecule is CN1\C(=C/C=N/N=C(\O)c2ccccc2)C(C)(Cc2ccccc2)c2ccccc21.[Co]. The molecule has 1 radical (unpaired) electrons. The maximum Gasteiger partial charge on any atom is 0.238 e. The molecule has 1 atom stereocenters. The fraction of sp³-hybridized carbons (Fsp3) is 0.154. The van der Waals surface area contributed by atoms with E-state index in [0.717, 1.165) is 12.1 Å². The molecule has 0 fully saturated rings. The number of anilines is 1. The molecule has 31 heavy (non-hydrogen) atoms. The molecule has 4 rings (SSSR count). The number of benzene rings is 3. The summed E-state index contributed by atoms with van der Waals surface area (Å²) in [4.78, 5) is 2.21. The summed E-state index contributed by atoms with van der Waals surface area (Å²) in [6.45, 7) is 2.27. The Hall–Kier alpha value is -3.15. The summed E-state index contributed by atoms with van der Waals surface area (Å²) in [6, 6.07) is 28.2. The minimum Gasteiger partial charge on any atom is -0.492 e. The Morgan fingerprint density at radius 3 is 2.26 bits per heavy atom. The van der Waals surface area contributed by atoms with Crippen LogP contribution in [0.2, 0.25) is 0 Å². The number of fused-ring (bicyclic) bond motifs is 1. The Kier molecular flexibility index (Phi) is 7.10. The van der Waals surface area contributed by atoms with Gasteiger partial charge in [-0.1, -0.05) is 66.7 Å². The molecule has 0 amide bonds. The summed E-state index contributed by atoms with van der Waals surface area (Å²) in [5, 5.41) is 18.1. The first-order chi connectivity index (χ1) is 14.6. The Bertz CT molecular complexity index is 1110. The first-order valence-electron chi connectivity index (χ1n) is 10.0. The first-order valence-corrected chi connectivity index (χ1v) is 10.0. The molecule has 1 aliphatic heterocycles. The van der Waals surface area contributed by atoms with Crippen LogP contribution in [0.5, 0.6) is 0 Å². The normalized spacial score (nSPS) is 19.5. The molecule has 1 unspecified atom stereocenters. The van der Waals surface area contributed by atoms with Crippen LogP contribution in [-0.2, 0) is 28.6 Å². The summed E-state index contributed by atoms with van der Waals surface area (Å²) in [5.41, 5.74) is 5.38. The number of likely N-dealkylation sites (N-methyl/N-ethyl adjacent to an activating group) is 1. The quantitative estimate of drug-likeness (QED) is 0.314. The van der Waals surface area contributed by atoms with Crippen LogP contribution in [0, 0.1) is 0 Å². The van der Waals surface area contributed by atoms with Gasteiger partial charge in [-0.2, -0.15) is 5.10 Å². The van der Waals surface area contributed by atoms with E-state index in [-0.39, 0.29) is 28.1 Å². The Balaban J connectivity index is 0.00000272. The molecule has 1 aliphatic rings. The van der Waals surface area contributed by atoms with Gasteiger partial charge in [0.1, 0.15) is 0 Å². The van der Waals surface area contributed by atoms with E-state index < -0.39 is 0 Å². The second-order valence-corrected chi connectivity index (χ2v) is 7.68. The molecule has 0 saturated carbocycles. The van der Waals surface area contributed by atoms with Crippen LogP contribution >= 0.6 is 0 Å². The summed E-state index contributed by atoms with van der Waals surface area (Å²) in [5.74, 6) is -0.0969. The Morgan fingerprint density at radius 2 is 1.55 bits per heavy atom. The zero-order valence-electron chi connectivity index (χ0n) is 17.6. The topological polar surface area (TPSA) is 48.2 Å². The van der Waals surface area contributed by atoms with Crippen molar-refractivity contribution in [2.75, 3.05) is 11.9 Å². The number of para-hydroxylation sites is 1. The Morgan fingerprint density at radius 1 is 0.935 bits per heavy atom. The molecule has 3 aromatic carbocycles. The minimum absolute atomic E-state index is 0. The third-order valence-electron chi connectivity index (χ3n) is 5.67. The zero-order chi connectivity index (χ0) is 21.0. The van der Waals surface area contributed by atoms with Crippen LogP contribution < -0.4 is 4.90 Å². The van der Waals surface area contributed by atoms with Gasteiger partial charge in [-0.15, -0.1) is 5.10 Å². The van der Waals surface area contributed by atoms with E-state index in [1.807, 2.05) is 30.3 Å². The zero-order valence-corrected chi connectivity index (χ0v) is 18.6. The molecule has 0 saturated heterocycles. The van der Waals surface area contributed by atoms with Crippen LogP contribution in [0.15, 0.2) is 107 Å². The molecule has 4 nitrogen and oxygen atoms in total. The smallest absolute Gasteiger partial charge is 0.238 e. The predicted molar refractivity (Wildman–Crippen MR) is 125 cm³/mol. The van der Waals surface area contributed by atoms with E-state index in [2.05, 4.69) is 77.6 Å². The molecule has 1 heterocycles. The van der Waals surface area contributed by atoms with Gasteiger partial charge in [-0.3, -0.25) is 0 Å². The number of hydrogen-bond donors (Lipinski definition) is 1. The molecular weight excluding hydrogens is 429 g/mol. The monoisotopic (exact) mass is 454 g/mol. The van der Waals surface area contributed by atoms with Crippen molar-refractivity contribution in [1.82, 2.24) is 0 Å². The number of nitrogens with zero attached hydrogens (tertiary/aromatic N) is 3. The van der Waals surface area contributed by atoms with Crippen molar-refractivity contribution in [3.8, 4) is 0 Å². The van der Waals surface area contributed by atoms with Crippen LogP contribution in [0.4, 0.5) is 5.69 Å². The van der Waals surface area contributed by atoms with Crippen LogP contribution in [0.25, 0.3) is 0 Å². The summed E-state index contributed by atoms with van der Waals surface area (Å²) >= 11 is 0.